The van der Waals surface area contributed by atoms with Gasteiger partial charge in [0.1, 0.15) is 0 Å². The average Bonchev–Trinajstić information content (AvgIpc) is 1.86. The number of phenolic OH excluding ortho intramolecular Hbond substituents is 1. The van der Waals surface area contributed by atoms with E-state index in [0.29, 0.717) is 5.69 Å². The van der Waals surface area contributed by atoms with Gasteiger partial charge in [-0.1, -0.05) is 12.1 Å². The molecule has 60 valence electrons. The van der Waals surface area contributed by atoms with E-state index in [1.807, 2.05) is 0 Å². The highest BCUT2D eigenvalue weighted by molar-refractivity contribution is 5.54. The molecular weight excluding hydrogens is 142 g/mol. The van der Waals surface area contributed by atoms with Crippen LogP contribution in [0.3, 0.4) is 0 Å². The molecule has 1 aromatic carbocycles. The van der Waals surface area contributed by atoms with Gasteiger partial charge in [0, 0.05) is 6.07 Å². The van der Waals surface area contributed by atoms with Crippen LogP contribution >= 0.6 is 0 Å². The maximum atomic E-state index is 11.3. The molecule has 0 atom stereocenters. The second-order valence-electron chi connectivity index (χ2n) is 2.84. The molecule has 3 heteroatoms. The number of aromatic hydroxyl groups is 1. The van der Waals surface area contributed by atoms with Gasteiger partial charge in [0.25, 0.3) is 0 Å². The van der Waals surface area contributed by atoms with Crippen molar-refractivity contribution in [1.29, 1.82) is 0 Å². The van der Waals surface area contributed by atoms with E-state index in [1.54, 1.807) is 18.2 Å². The number of hydrogen-bond acceptors (Lipinski definition) is 2. The number of hydrogen-bond donors (Lipinski definition) is 1. The molecule has 11 heavy (non-hydrogen) atoms. The Kier molecular flexibility index (Phi) is 1.85. The highest BCUT2D eigenvalue weighted by Crippen LogP contribution is 2.28. The quantitative estimate of drug-likeness (QED) is 0.490. The van der Waals surface area contributed by atoms with Crippen LogP contribution in [0.4, 0.5) is 5.69 Å². The zero-order valence-corrected chi connectivity index (χ0v) is 6.61. The Morgan fingerprint density at radius 3 is 2.18 bits per heavy atom. The van der Waals surface area contributed by atoms with Crippen LogP contribution < -0.4 is 4.65 Å². The molecule has 0 saturated carbocycles. The van der Waals surface area contributed by atoms with Crippen molar-refractivity contribution in [2.24, 2.45) is 0 Å². The lowest BCUT2D eigenvalue weighted by Crippen LogP contribution is -2.32. The topological polar surface area (TPSA) is 43.3 Å². The van der Waals surface area contributed by atoms with Gasteiger partial charge in [-0.25, -0.2) is 0 Å². The molecule has 0 aliphatic carbocycles. The minimum atomic E-state index is -0.604. The standard InChI is InChI=1S/C8H11NO2/c1-9(2,11)7-5-3-4-6-8(7)10/h3-6,10H,1-2H3. The number of hydroxylamine groups is 2. The van der Waals surface area contributed by atoms with Gasteiger partial charge in [-0.05, 0) is 6.07 Å². The minimum absolute atomic E-state index is 0.0486. The van der Waals surface area contributed by atoms with E-state index in [1.165, 1.54) is 20.2 Å². The summed E-state index contributed by atoms with van der Waals surface area (Å²) in [6.45, 7) is 0. The van der Waals surface area contributed by atoms with Crippen LogP contribution in [0.1, 0.15) is 0 Å². The third kappa shape index (κ3) is 1.69. The smallest absolute Gasteiger partial charge is 0.177 e. The lowest BCUT2D eigenvalue weighted by molar-refractivity contribution is 0.445. The minimum Gasteiger partial charge on any atom is -0.628 e. The lowest BCUT2D eigenvalue weighted by atomic mass is 10.3. The van der Waals surface area contributed by atoms with Crippen LogP contribution in [0.15, 0.2) is 24.3 Å². The van der Waals surface area contributed by atoms with Crippen molar-refractivity contribution >= 4 is 5.69 Å². The SMILES string of the molecule is C[N+](C)([O-])c1ccccc1O. The van der Waals surface area contributed by atoms with Gasteiger partial charge in [-0.2, -0.15) is 0 Å². The van der Waals surface area contributed by atoms with Gasteiger partial charge in [-0.15, -0.1) is 0 Å². The van der Waals surface area contributed by atoms with Gasteiger partial charge >= 0.3 is 0 Å². The molecular formula is C8H11NO2. The highest BCUT2D eigenvalue weighted by atomic mass is 16.5. The Bertz CT molecular complexity index is 253. The van der Waals surface area contributed by atoms with Crippen molar-refractivity contribution in [2.45, 2.75) is 0 Å². The lowest BCUT2D eigenvalue weighted by Gasteiger charge is -2.33. The fourth-order valence-corrected chi connectivity index (χ4v) is 0.920. The van der Waals surface area contributed by atoms with E-state index in [4.69, 9.17) is 0 Å². The third-order valence-corrected chi connectivity index (χ3v) is 1.46. The monoisotopic (exact) mass is 153 g/mol. The summed E-state index contributed by atoms with van der Waals surface area (Å²) >= 11 is 0. The molecule has 0 saturated heterocycles. The summed E-state index contributed by atoms with van der Waals surface area (Å²) in [5.74, 6) is 0.0486. The van der Waals surface area contributed by atoms with E-state index in [0.717, 1.165) is 0 Å². The molecule has 0 aliphatic rings. The maximum absolute atomic E-state index is 11.3. The van der Waals surface area contributed by atoms with Crippen LogP contribution in [0.25, 0.3) is 0 Å². The first-order chi connectivity index (χ1) is 5.02. The normalized spacial score (nSPS) is 11.5. The van der Waals surface area contributed by atoms with Crippen LogP contribution in [0.2, 0.25) is 0 Å². The van der Waals surface area contributed by atoms with Crippen molar-refractivity contribution in [1.82, 2.24) is 4.65 Å². The largest absolute Gasteiger partial charge is 0.628 e. The van der Waals surface area contributed by atoms with Crippen molar-refractivity contribution in [3.8, 4) is 5.75 Å². The van der Waals surface area contributed by atoms with Gasteiger partial charge in [-0.3, -0.25) is 0 Å². The highest BCUT2D eigenvalue weighted by Gasteiger charge is 2.11. The first kappa shape index (κ1) is 8.04. The number of benzene rings is 1. The molecule has 0 aliphatic heterocycles. The summed E-state index contributed by atoms with van der Waals surface area (Å²) in [6.07, 6.45) is 0. The third-order valence-electron chi connectivity index (χ3n) is 1.46. The molecule has 1 N–H and O–H groups in total. The van der Waals surface area contributed by atoms with Crippen molar-refractivity contribution < 1.29 is 5.11 Å². The van der Waals surface area contributed by atoms with Crippen LogP contribution in [0.5, 0.6) is 5.75 Å². The summed E-state index contributed by atoms with van der Waals surface area (Å²) in [6, 6.07) is 6.54. The molecule has 0 heterocycles. The molecule has 1 rings (SSSR count). The number of quaternary nitrogens is 1. The van der Waals surface area contributed by atoms with E-state index in [-0.39, 0.29) is 5.75 Å². The Labute approximate surface area is 65.7 Å². The summed E-state index contributed by atoms with van der Waals surface area (Å²) in [7, 11) is 2.93. The molecule has 1 aromatic rings. The Morgan fingerprint density at radius 2 is 1.82 bits per heavy atom. The first-order valence-electron chi connectivity index (χ1n) is 3.35. The molecule has 0 unspecified atom stereocenters. The fourth-order valence-electron chi connectivity index (χ4n) is 0.920. The van der Waals surface area contributed by atoms with Gasteiger partial charge < -0.3 is 15.0 Å². The number of phenols is 1. The predicted molar refractivity (Wildman–Crippen MR) is 45.1 cm³/mol. The second-order valence-corrected chi connectivity index (χ2v) is 2.84. The summed E-state index contributed by atoms with van der Waals surface area (Å²) < 4.78 is -0.604. The van der Waals surface area contributed by atoms with E-state index in [2.05, 4.69) is 0 Å². The van der Waals surface area contributed by atoms with Gasteiger partial charge in [0.05, 0.1) is 14.1 Å². The number of rotatable bonds is 1. The molecule has 0 aromatic heterocycles. The summed E-state index contributed by atoms with van der Waals surface area (Å²) in [5, 5.41) is 20.5. The first-order valence-corrected chi connectivity index (χ1v) is 3.35. The fraction of sp³-hybridized carbons (Fsp3) is 0.250. The molecule has 0 spiro atoms. The zero-order chi connectivity index (χ0) is 8.48. The maximum Gasteiger partial charge on any atom is 0.177 e. The van der Waals surface area contributed by atoms with Crippen LogP contribution in [0, 0.1) is 5.21 Å². The Balaban J connectivity index is 3.14. The van der Waals surface area contributed by atoms with Crippen LogP contribution in [-0.4, -0.2) is 19.2 Å². The second kappa shape index (κ2) is 2.53. The summed E-state index contributed by atoms with van der Waals surface area (Å²) in [5.41, 5.74) is 0.382. The summed E-state index contributed by atoms with van der Waals surface area (Å²) in [4.78, 5) is 0. The average molecular weight is 153 g/mol. The molecule has 0 fully saturated rings. The predicted octanol–water partition coefficient (Wildman–Crippen LogP) is 1.46. The Morgan fingerprint density at radius 1 is 1.27 bits per heavy atom. The van der Waals surface area contributed by atoms with Crippen LogP contribution in [-0.2, 0) is 0 Å². The molecule has 0 radical (unpaired) electrons. The van der Waals surface area contributed by atoms with Gasteiger partial charge in [0.2, 0.25) is 0 Å². The van der Waals surface area contributed by atoms with E-state index >= 15 is 0 Å². The number of para-hydroxylation sites is 2. The molecule has 0 amide bonds. The van der Waals surface area contributed by atoms with E-state index in [9.17, 15) is 10.3 Å². The Hall–Kier alpha value is -1.06. The molecule has 0 bridgehead atoms. The van der Waals surface area contributed by atoms with Crippen molar-refractivity contribution in [2.75, 3.05) is 14.1 Å². The van der Waals surface area contributed by atoms with Crippen molar-refractivity contribution in [3.05, 3.63) is 29.5 Å². The van der Waals surface area contributed by atoms with Gasteiger partial charge in [0.15, 0.2) is 11.4 Å². The van der Waals surface area contributed by atoms with Crippen molar-refractivity contribution in [3.63, 3.8) is 0 Å². The zero-order valence-electron chi connectivity index (χ0n) is 6.61. The number of nitrogens with zero attached hydrogens (tertiary/aromatic N) is 1. The van der Waals surface area contributed by atoms with E-state index < -0.39 is 4.65 Å². The molecule has 3 nitrogen and oxygen atoms in total.